The van der Waals surface area contributed by atoms with Crippen LogP contribution in [0.5, 0.6) is 0 Å². The number of hydrogen-bond donors (Lipinski definition) is 0. The van der Waals surface area contributed by atoms with Crippen molar-refractivity contribution < 1.29 is 14.4 Å². The van der Waals surface area contributed by atoms with Crippen LogP contribution in [0.15, 0.2) is 53.0 Å². The number of carbonyl (C=O) groups excluding carboxylic acids is 3. The summed E-state index contributed by atoms with van der Waals surface area (Å²) >= 11 is 3.40. The molecule has 4 heteroatoms. The number of carbonyl (C=O) groups is 3. The topological polar surface area (TPSA) is 51.2 Å². The molecule has 1 aliphatic rings. The first-order valence-electron chi connectivity index (χ1n) is 7.02. The lowest BCUT2D eigenvalue weighted by molar-refractivity contribution is -0.123. The third-order valence-electron chi connectivity index (χ3n) is 3.87. The Kier molecular flexibility index (Phi) is 4.03. The van der Waals surface area contributed by atoms with Gasteiger partial charge in [0.15, 0.2) is 5.78 Å². The summed E-state index contributed by atoms with van der Waals surface area (Å²) in [5, 5.41) is 0. The van der Waals surface area contributed by atoms with Crippen LogP contribution in [0.25, 0.3) is 0 Å². The summed E-state index contributed by atoms with van der Waals surface area (Å²) in [6, 6.07) is 14.1. The van der Waals surface area contributed by atoms with Gasteiger partial charge in [-0.3, -0.25) is 14.4 Å². The number of rotatable bonds is 3. The minimum absolute atomic E-state index is 0.0483. The van der Waals surface area contributed by atoms with Crippen molar-refractivity contribution in [2.75, 3.05) is 0 Å². The molecular weight excluding hydrogens is 344 g/mol. The molecule has 2 aromatic carbocycles. The fraction of sp³-hybridized carbons (Fsp3) is 0.167. The van der Waals surface area contributed by atoms with Crippen molar-refractivity contribution in [3.05, 3.63) is 69.7 Å². The van der Waals surface area contributed by atoms with Gasteiger partial charge in [0, 0.05) is 28.4 Å². The van der Waals surface area contributed by atoms with Crippen LogP contribution in [-0.4, -0.2) is 17.3 Å². The Labute approximate surface area is 136 Å². The van der Waals surface area contributed by atoms with Crippen LogP contribution in [0, 0.1) is 0 Å². The minimum Gasteiger partial charge on any atom is -0.299 e. The highest BCUT2D eigenvalue weighted by Gasteiger charge is 2.35. The summed E-state index contributed by atoms with van der Waals surface area (Å²) in [6.07, 6.45) is 0.612. The van der Waals surface area contributed by atoms with E-state index in [2.05, 4.69) is 15.9 Å². The average Bonchev–Trinajstić information content (AvgIpc) is 2.86. The summed E-state index contributed by atoms with van der Waals surface area (Å²) in [5.74, 6) is -0.868. The molecule has 0 heterocycles. The van der Waals surface area contributed by atoms with E-state index in [-0.39, 0.29) is 17.3 Å². The van der Waals surface area contributed by atoms with Crippen LogP contribution in [-0.2, 0) is 9.59 Å². The lowest BCUT2D eigenvalue weighted by Gasteiger charge is -2.11. The van der Waals surface area contributed by atoms with Crippen molar-refractivity contribution in [1.82, 2.24) is 0 Å². The predicted molar refractivity (Wildman–Crippen MR) is 86.0 cm³/mol. The van der Waals surface area contributed by atoms with E-state index in [9.17, 15) is 14.4 Å². The van der Waals surface area contributed by atoms with Gasteiger partial charge in [0.1, 0.15) is 17.5 Å². The van der Waals surface area contributed by atoms with Gasteiger partial charge in [-0.1, -0.05) is 58.4 Å². The number of benzene rings is 2. The van der Waals surface area contributed by atoms with Crippen LogP contribution in [0.2, 0.25) is 0 Å². The fourth-order valence-corrected chi connectivity index (χ4v) is 3.33. The Balaban J connectivity index is 1.95. The molecule has 1 fully saturated rings. The Morgan fingerprint density at radius 1 is 0.909 bits per heavy atom. The van der Waals surface area contributed by atoms with Gasteiger partial charge in [0.25, 0.3) is 0 Å². The van der Waals surface area contributed by atoms with E-state index in [1.165, 1.54) is 0 Å². The minimum atomic E-state index is -0.685. The van der Waals surface area contributed by atoms with Crippen LogP contribution < -0.4 is 0 Å². The summed E-state index contributed by atoms with van der Waals surface area (Å²) in [6.45, 7) is 0. The van der Waals surface area contributed by atoms with Crippen molar-refractivity contribution in [1.29, 1.82) is 0 Å². The first-order chi connectivity index (χ1) is 10.6. The Bertz CT molecular complexity index is 749. The Morgan fingerprint density at radius 3 is 2.14 bits per heavy atom. The van der Waals surface area contributed by atoms with Crippen molar-refractivity contribution in [3.63, 3.8) is 0 Å². The maximum atomic E-state index is 12.4. The van der Waals surface area contributed by atoms with Crippen LogP contribution in [0.1, 0.15) is 40.2 Å². The summed E-state index contributed by atoms with van der Waals surface area (Å²) < 4.78 is 0.628. The summed E-state index contributed by atoms with van der Waals surface area (Å²) in [5.41, 5.74) is 1.78. The number of Topliss-reactive ketones (excluding diaryl/α,β-unsaturated/α-hetero) is 2. The molecule has 3 nitrogen and oxygen atoms in total. The molecular formula is C18H13BrO3. The zero-order valence-corrected chi connectivity index (χ0v) is 13.3. The van der Waals surface area contributed by atoms with Gasteiger partial charge < -0.3 is 0 Å². The van der Waals surface area contributed by atoms with E-state index in [1.807, 2.05) is 18.2 Å². The molecule has 0 radical (unpaired) electrons. The van der Waals surface area contributed by atoms with Crippen molar-refractivity contribution in [3.8, 4) is 0 Å². The predicted octanol–water partition coefficient (Wildman–Crippen LogP) is 3.70. The zero-order valence-electron chi connectivity index (χ0n) is 11.7. The van der Waals surface area contributed by atoms with Gasteiger partial charge in [-0.2, -0.15) is 0 Å². The van der Waals surface area contributed by atoms with Gasteiger partial charge in [0.2, 0.25) is 0 Å². The molecule has 0 saturated heterocycles. The van der Waals surface area contributed by atoms with E-state index in [0.29, 0.717) is 34.0 Å². The number of hydrogen-bond acceptors (Lipinski definition) is 3. The first-order valence-corrected chi connectivity index (χ1v) is 7.82. The quantitative estimate of drug-likeness (QED) is 0.622. The molecule has 0 aromatic heterocycles. The number of halogens is 1. The highest BCUT2D eigenvalue weighted by atomic mass is 79.9. The molecule has 0 N–H and O–H groups in total. The molecule has 2 aromatic rings. The molecule has 1 aliphatic carbocycles. The van der Waals surface area contributed by atoms with Crippen LogP contribution in [0.4, 0.5) is 0 Å². The third kappa shape index (κ3) is 2.66. The second-order valence-corrected chi connectivity index (χ2v) is 6.15. The molecule has 3 rings (SSSR count). The fourth-order valence-electron chi connectivity index (χ4n) is 2.72. The monoisotopic (exact) mass is 356 g/mol. The molecule has 110 valence electrons. The number of ketones is 3. The maximum absolute atomic E-state index is 12.4. The van der Waals surface area contributed by atoms with Crippen LogP contribution in [0.3, 0.4) is 0 Å². The summed E-state index contributed by atoms with van der Waals surface area (Å²) in [4.78, 5) is 36.1. The largest absolute Gasteiger partial charge is 0.299 e. The lowest BCUT2D eigenvalue weighted by atomic mass is 9.93. The molecule has 0 spiro atoms. The van der Waals surface area contributed by atoms with E-state index in [4.69, 9.17) is 0 Å². The molecule has 22 heavy (non-hydrogen) atoms. The van der Waals surface area contributed by atoms with Gasteiger partial charge >= 0.3 is 0 Å². The van der Waals surface area contributed by atoms with Crippen LogP contribution >= 0.6 is 15.9 Å². The first kappa shape index (κ1) is 14.9. The molecule has 1 saturated carbocycles. The molecule has 0 aliphatic heterocycles. The lowest BCUT2D eigenvalue weighted by Crippen LogP contribution is -2.13. The standard InChI is InChI=1S/C18H13BrO3/c19-14-10-12(18(22)11-4-2-1-3-5-11)6-7-13(14)17-15(20)8-9-16(17)21/h1-7,10,17H,8-9H2. The van der Waals surface area contributed by atoms with E-state index in [1.54, 1.807) is 30.3 Å². The van der Waals surface area contributed by atoms with Gasteiger partial charge in [0.05, 0.1) is 0 Å². The van der Waals surface area contributed by atoms with Gasteiger partial charge in [-0.15, -0.1) is 0 Å². The molecule has 0 atom stereocenters. The van der Waals surface area contributed by atoms with Crippen molar-refractivity contribution in [2.45, 2.75) is 18.8 Å². The second kappa shape index (κ2) is 5.97. The molecule has 0 bridgehead atoms. The maximum Gasteiger partial charge on any atom is 0.193 e. The average molecular weight is 357 g/mol. The van der Waals surface area contributed by atoms with Crippen molar-refractivity contribution >= 4 is 33.3 Å². The smallest absolute Gasteiger partial charge is 0.193 e. The second-order valence-electron chi connectivity index (χ2n) is 5.30. The highest BCUT2D eigenvalue weighted by molar-refractivity contribution is 9.10. The van der Waals surface area contributed by atoms with E-state index in [0.717, 1.165) is 0 Å². The SMILES string of the molecule is O=C(c1ccccc1)c1ccc(C2C(=O)CCC2=O)c(Br)c1. The zero-order chi connectivity index (χ0) is 15.7. The van der Waals surface area contributed by atoms with E-state index >= 15 is 0 Å². The Hall–Kier alpha value is -2.07. The third-order valence-corrected chi connectivity index (χ3v) is 4.56. The van der Waals surface area contributed by atoms with Crippen molar-refractivity contribution in [2.24, 2.45) is 0 Å². The summed E-state index contributed by atoms with van der Waals surface area (Å²) in [7, 11) is 0. The Morgan fingerprint density at radius 2 is 1.55 bits per heavy atom. The molecule has 0 unspecified atom stereocenters. The highest BCUT2D eigenvalue weighted by Crippen LogP contribution is 2.33. The molecule has 0 amide bonds. The normalized spacial score (nSPS) is 15.3. The van der Waals surface area contributed by atoms with Gasteiger partial charge in [-0.25, -0.2) is 0 Å². The van der Waals surface area contributed by atoms with Gasteiger partial charge in [-0.05, 0) is 11.6 Å². The van der Waals surface area contributed by atoms with E-state index < -0.39 is 5.92 Å².